The fourth-order valence-electron chi connectivity index (χ4n) is 9.08. The largest absolute Gasteiger partial charge is 0.393 e. The lowest BCUT2D eigenvalue weighted by Crippen LogP contribution is -2.72. The Labute approximate surface area is 165 Å². The van der Waals surface area contributed by atoms with E-state index in [2.05, 4.69) is 39.9 Å². The van der Waals surface area contributed by atoms with E-state index in [4.69, 9.17) is 0 Å². The summed E-state index contributed by atoms with van der Waals surface area (Å²) in [6.07, 6.45) is 11.2. The standard InChI is InChI=1S/C24H25N3O/c25-13-23-7-15-6-22(9-16(10-23)24(22,23)8-15)11-17(28)5-20-18-3-1-2-4-19(18)21-12-26-14-27(20)21/h1-4,12,14-17,20,28H,5-11H2. The third kappa shape index (κ3) is 1.48. The van der Waals surface area contributed by atoms with E-state index in [0.29, 0.717) is 0 Å². The minimum Gasteiger partial charge on any atom is -0.393 e. The summed E-state index contributed by atoms with van der Waals surface area (Å²) in [4.78, 5) is 4.35. The van der Waals surface area contributed by atoms with Crippen molar-refractivity contribution in [2.45, 2.75) is 57.1 Å². The van der Waals surface area contributed by atoms with Crippen LogP contribution in [0.3, 0.4) is 0 Å². The summed E-state index contributed by atoms with van der Waals surface area (Å²) < 4.78 is 2.23. The number of imidazole rings is 1. The molecule has 0 saturated heterocycles. The summed E-state index contributed by atoms with van der Waals surface area (Å²) >= 11 is 0. The van der Waals surface area contributed by atoms with Crippen LogP contribution in [0.4, 0.5) is 0 Å². The van der Waals surface area contributed by atoms with Crippen LogP contribution < -0.4 is 0 Å². The smallest absolute Gasteiger partial charge is 0.0956 e. The lowest BCUT2D eigenvalue weighted by atomic mass is 9.26. The van der Waals surface area contributed by atoms with E-state index in [0.717, 1.165) is 43.2 Å². The number of nitriles is 1. The second-order valence-corrected chi connectivity index (χ2v) is 10.4. The topological polar surface area (TPSA) is 61.8 Å². The lowest BCUT2D eigenvalue weighted by Gasteiger charge is -2.76. The van der Waals surface area contributed by atoms with Gasteiger partial charge in [0.15, 0.2) is 0 Å². The molecule has 4 heteroatoms. The summed E-state index contributed by atoms with van der Waals surface area (Å²) in [7, 11) is 0. The molecule has 142 valence electrons. The first-order valence-electron chi connectivity index (χ1n) is 10.8. The first-order chi connectivity index (χ1) is 13.6. The molecule has 1 N–H and O–H groups in total. The van der Waals surface area contributed by atoms with E-state index >= 15 is 0 Å². The van der Waals surface area contributed by atoms with Crippen LogP contribution in [0.15, 0.2) is 36.8 Å². The molecule has 0 amide bonds. The first kappa shape index (κ1) is 15.8. The number of hydrogen-bond donors (Lipinski definition) is 1. The monoisotopic (exact) mass is 371 g/mol. The van der Waals surface area contributed by atoms with Crippen LogP contribution >= 0.6 is 0 Å². The van der Waals surface area contributed by atoms with Crippen LogP contribution in [-0.4, -0.2) is 20.8 Å². The van der Waals surface area contributed by atoms with Gasteiger partial charge in [0.25, 0.3) is 0 Å². The molecule has 0 radical (unpaired) electrons. The van der Waals surface area contributed by atoms with Crippen LogP contribution in [0.25, 0.3) is 11.3 Å². The molecule has 1 aromatic heterocycles. The van der Waals surface area contributed by atoms with Gasteiger partial charge in [-0.05, 0) is 73.2 Å². The summed E-state index contributed by atoms with van der Waals surface area (Å²) in [5, 5.41) is 21.2. The van der Waals surface area contributed by atoms with Gasteiger partial charge in [0.2, 0.25) is 0 Å². The minimum atomic E-state index is -0.321. The second-order valence-electron chi connectivity index (χ2n) is 10.4. The maximum Gasteiger partial charge on any atom is 0.0956 e. The molecule has 2 bridgehead atoms. The average molecular weight is 371 g/mol. The lowest BCUT2D eigenvalue weighted by molar-refractivity contribution is -0.285. The van der Waals surface area contributed by atoms with Gasteiger partial charge in [-0.1, -0.05) is 24.3 Å². The summed E-state index contributed by atoms with van der Waals surface area (Å²) in [6, 6.07) is 11.5. The molecule has 1 aliphatic heterocycles. The van der Waals surface area contributed by atoms with E-state index in [-0.39, 0.29) is 28.4 Å². The molecule has 7 atom stereocenters. The Morgan fingerprint density at radius 3 is 2.96 bits per heavy atom. The molecule has 2 heterocycles. The number of aromatic nitrogens is 2. The Hall–Kier alpha value is -2.12. The number of aliphatic hydroxyl groups is 1. The number of rotatable bonds is 4. The Morgan fingerprint density at radius 1 is 1.21 bits per heavy atom. The zero-order chi connectivity index (χ0) is 18.7. The van der Waals surface area contributed by atoms with Gasteiger partial charge < -0.3 is 9.67 Å². The predicted octanol–water partition coefficient (Wildman–Crippen LogP) is 4.31. The number of hydrogen-bond acceptors (Lipinski definition) is 3. The highest BCUT2D eigenvalue weighted by Crippen LogP contribution is 2.91. The molecule has 7 rings (SSSR count). The zero-order valence-electron chi connectivity index (χ0n) is 16.0. The molecule has 1 aromatic carbocycles. The molecule has 7 unspecified atom stereocenters. The fourth-order valence-corrected chi connectivity index (χ4v) is 9.08. The molecule has 2 aromatic rings. The Bertz CT molecular complexity index is 1050. The predicted molar refractivity (Wildman–Crippen MR) is 104 cm³/mol. The van der Waals surface area contributed by atoms with Gasteiger partial charge in [-0.15, -0.1) is 0 Å². The number of nitrogens with zero attached hydrogens (tertiary/aromatic N) is 3. The third-order valence-electron chi connectivity index (χ3n) is 9.59. The maximum absolute atomic E-state index is 11.2. The fraction of sp³-hybridized carbons (Fsp3) is 0.583. The van der Waals surface area contributed by atoms with Gasteiger partial charge in [-0.3, -0.25) is 0 Å². The van der Waals surface area contributed by atoms with Crippen molar-refractivity contribution in [1.29, 1.82) is 5.26 Å². The average Bonchev–Trinajstić information content (AvgIpc) is 3.38. The number of aliphatic hydroxyl groups excluding tert-OH is 1. The molecule has 1 spiro atoms. The first-order valence-corrected chi connectivity index (χ1v) is 10.8. The van der Waals surface area contributed by atoms with Gasteiger partial charge in [-0.25, -0.2) is 4.98 Å². The Balaban J connectivity index is 1.18. The normalized spacial score (nSPS) is 44.1. The molecular weight excluding hydrogens is 346 g/mol. The van der Waals surface area contributed by atoms with Gasteiger partial charge in [0.1, 0.15) is 0 Å². The highest BCUT2D eigenvalue weighted by molar-refractivity contribution is 5.68. The van der Waals surface area contributed by atoms with Gasteiger partial charge in [0, 0.05) is 5.56 Å². The molecule has 4 fully saturated rings. The van der Waals surface area contributed by atoms with Crippen molar-refractivity contribution in [3.05, 3.63) is 42.4 Å². The quantitative estimate of drug-likeness (QED) is 0.871. The number of fused-ring (bicyclic) bond motifs is 4. The van der Waals surface area contributed by atoms with Gasteiger partial charge in [-0.2, -0.15) is 5.26 Å². The van der Waals surface area contributed by atoms with Crippen molar-refractivity contribution in [2.75, 3.05) is 0 Å². The van der Waals surface area contributed by atoms with Crippen LogP contribution in [0.2, 0.25) is 0 Å². The van der Waals surface area contributed by atoms with E-state index in [1.807, 2.05) is 12.5 Å². The van der Waals surface area contributed by atoms with Crippen molar-refractivity contribution in [3.8, 4) is 17.3 Å². The van der Waals surface area contributed by atoms with Crippen molar-refractivity contribution >= 4 is 0 Å². The molecule has 4 saturated carbocycles. The molecule has 4 nitrogen and oxygen atoms in total. The van der Waals surface area contributed by atoms with E-state index in [1.54, 1.807) is 0 Å². The zero-order valence-corrected chi connectivity index (χ0v) is 16.0. The molecule has 4 aliphatic carbocycles. The van der Waals surface area contributed by atoms with E-state index in [1.165, 1.54) is 30.4 Å². The second kappa shape index (κ2) is 4.71. The minimum absolute atomic E-state index is 0.0456. The van der Waals surface area contributed by atoms with Gasteiger partial charge >= 0.3 is 0 Å². The van der Waals surface area contributed by atoms with Crippen molar-refractivity contribution in [1.82, 2.24) is 9.55 Å². The van der Waals surface area contributed by atoms with Crippen LogP contribution in [0.5, 0.6) is 0 Å². The summed E-state index contributed by atoms with van der Waals surface area (Å²) in [5.74, 6) is 1.49. The van der Waals surface area contributed by atoms with E-state index < -0.39 is 0 Å². The highest BCUT2D eigenvalue weighted by atomic mass is 16.3. The molecule has 28 heavy (non-hydrogen) atoms. The number of benzene rings is 1. The summed E-state index contributed by atoms with van der Waals surface area (Å²) in [5.41, 5.74) is 4.17. The highest BCUT2D eigenvalue weighted by Gasteiger charge is 2.86. The maximum atomic E-state index is 11.2. The molecular formula is C24H25N3O. The van der Waals surface area contributed by atoms with E-state index in [9.17, 15) is 10.4 Å². The summed E-state index contributed by atoms with van der Waals surface area (Å²) in [6.45, 7) is 0. The third-order valence-corrected chi connectivity index (χ3v) is 9.59. The van der Waals surface area contributed by atoms with Crippen LogP contribution in [-0.2, 0) is 0 Å². The van der Waals surface area contributed by atoms with Crippen molar-refractivity contribution < 1.29 is 5.11 Å². The van der Waals surface area contributed by atoms with Crippen molar-refractivity contribution in [3.63, 3.8) is 0 Å². The van der Waals surface area contributed by atoms with Crippen molar-refractivity contribution in [2.24, 2.45) is 28.1 Å². The van der Waals surface area contributed by atoms with Crippen LogP contribution in [0.1, 0.15) is 56.6 Å². The van der Waals surface area contributed by atoms with Gasteiger partial charge in [0.05, 0.1) is 41.8 Å². The molecule has 5 aliphatic rings. The van der Waals surface area contributed by atoms with Crippen LogP contribution in [0, 0.1) is 39.4 Å². The Kier molecular flexibility index (Phi) is 2.65. The SMILES string of the molecule is N#CC12CC3CC4(CC(O)CC5c6ccccc6-c6cncn65)CC(C1)C24C3. The Morgan fingerprint density at radius 2 is 2.11 bits per heavy atom.